The Morgan fingerprint density at radius 2 is 2.07 bits per heavy atom. The smallest absolute Gasteiger partial charge is 0.0317 e. The minimum atomic E-state index is 0.544. The summed E-state index contributed by atoms with van der Waals surface area (Å²) < 4.78 is 0. The van der Waals surface area contributed by atoms with Crippen molar-refractivity contribution in [3.63, 3.8) is 0 Å². The fourth-order valence-electron chi connectivity index (χ4n) is 1.33. The van der Waals surface area contributed by atoms with E-state index in [1.165, 1.54) is 17.7 Å². The van der Waals surface area contributed by atoms with E-state index in [4.69, 9.17) is 5.73 Å². The molecule has 2 heteroatoms. The van der Waals surface area contributed by atoms with E-state index in [0.717, 1.165) is 11.6 Å². The van der Waals surface area contributed by atoms with Gasteiger partial charge in [0.1, 0.15) is 0 Å². The standard InChI is InChI=1S/C13H21NS/c1-4-10(2)9-15-11(3)12-6-5-7-13(14)8-12/h5-8,10-11H,4,9,14H2,1-3H3. The van der Waals surface area contributed by atoms with Gasteiger partial charge in [0.15, 0.2) is 0 Å². The van der Waals surface area contributed by atoms with Crippen molar-refractivity contribution in [3.8, 4) is 0 Å². The third-order valence-corrected chi connectivity index (χ3v) is 4.24. The summed E-state index contributed by atoms with van der Waals surface area (Å²) in [5, 5.41) is 0.544. The second kappa shape index (κ2) is 6.06. The van der Waals surface area contributed by atoms with E-state index in [1.807, 2.05) is 23.9 Å². The Balaban J connectivity index is 2.50. The number of thioether (sulfide) groups is 1. The van der Waals surface area contributed by atoms with Crippen molar-refractivity contribution in [2.24, 2.45) is 5.92 Å². The summed E-state index contributed by atoms with van der Waals surface area (Å²) in [5.41, 5.74) is 7.97. The molecule has 0 bridgehead atoms. The first-order valence-corrected chi connectivity index (χ1v) is 6.65. The minimum Gasteiger partial charge on any atom is -0.399 e. The quantitative estimate of drug-likeness (QED) is 0.760. The normalized spacial score (nSPS) is 14.9. The average molecular weight is 223 g/mol. The van der Waals surface area contributed by atoms with Gasteiger partial charge in [0, 0.05) is 10.9 Å². The van der Waals surface area contributed by atoms with E-state index in [9.17, 15) is 0 Å². The van der Waals surface area contributed by atoms with Crippen LogP contribution in [-0.2, 0) is 0 Å². The van der Waals surface area contributed by atoms with Crippen molar-refractivity contribution < 1.29 is 0 Å². The van der Waals surface area contributed by atoms with E-state index in [-0.39, 0.29) is 0 Å². The molecule has 1 aromatic rings. The van der Waals surface area contributed by atoms with Crippen LogP contribution < -0.4 is 5.73 Å². The third kappa shape index (κ3) is 4.17. The molecule has 0 amide bonds. The summed E-state index contributed by atoms with van der Waals surface area (Å²) >= 11 is 2.02. The fraction of sp³-hybridized carbons (Fsp3) is 0.538. The first-order valence-electron chi connectivity index (χ1n) is 5.60. The topological polar surface area (TPSA) is 26.0 Å². The number of hydrogen-bond acceptors (Lipinski definition) is 2. The zero-order valence-corrected chi connectivity index (χ0v) is 10.7. The van der Waals surface area contributed by atoms with Gasteiger partial charge in [-0.25, -0.2) is 0 Å². The van der Waals surface area contributed by atoms with Crippen LogP contribution in [0.2, 0.25) is 0 Å². The number of anilines is 1. The Kier molecular flexibility index (Phi) is 5.03. The van der Waals surface area contributed by atoms with E-state index in [2.05, 4.69) is 32.9 Å². The van der Waals surface area contributed by atoms with Crippen molar-refractivity contribution >= 4 is 17.4 Å². The molecule has 0 radical (unpaired) electrons. The molecule has 1 aromatic carbocycles. The van der Waals surface area contributed by atoms with Gasteiger partial charge in [-0.1, -0.05) is 32.4 Å². The maximum absolute atomic E-state index is 5.77. The highest BCUT2D eigenvalue weighted by molar-refractivity contribution is 7.99. The van der Waals surface area contributed by atoms with Crippen molar-refractivity contribution in [1.82, 2.24) is 0 Å². The number of hydrogen-bond donors (Lipinski definition) is 1. The van der Waals surface area contributed by atoms with E-state index >= 15 is 0 Å². The first kappa shape index (κ1) is 12.4. The average Bonchev–Trinajstić information content (AvgIpc) is 2.25. The molecule has 1 nitrogen and oxygen atoms in total. The lowest BCUT2D eigenvalue weighted by Gasteiger charge is -2.14. The van der Waals surface area contributed by atoms with Crippen molar-refractivity contribution in [2.45, 2.75) is 32.4 Å². The van der Waals surface area contributed by atoms with Crippen LogP contribution in [0.5, 0.6) is 0 Å². The van der Waals surface area contributed by atoms with Gasteiger partial charge in [0.2, 0.25) is 0 Å². The van der Waals surface area contributed by atoms with Crippen molar-refractivity contribution in [1.29, 1.82) is 0 Å². The Hall–Kier alpha value is -0.630. The molecule has 0 aliphatic carbocycles. The van der Waals surface area contributed by atoms with E-state index in [1.54, 1.807) is 0 Å². The zero-order chi connectivity index (χ0) is 11.3. The summed E-state index contributed by atoms with van der Waals surface area (Å²) in [5.74, 6) is 2.03. The molecule has 0 heterocycles. The molecule has 2 atom stereocenters. The SMILES string of the molecule is CCC(C)CSC(C)c1cccc(N)c1. The van der Waals surface area contributed by atoms with Crippen LogP contribution in [0.4, 0.5) is 5.69 Å². The number of nitrogens with two attached hydrogens (primary N) is 1. The van der Waals surface area contributed by atoms with Gasteiger partial charge in [-0.2, -0.15) is 11.8 Å². The minimum absolute atomic E-state index is 0.544. The maximum Gasteiger partial charge on any atom is 0.0317 e. The van der Waals surface area contributed by atoms with Gasteiger partial charge >= 0.3 is 0 Å². The molecule has 0 aliphatic heterocycles. The Labute approximate surface area is 97.4 Å². The van der Waals surface area contributed by atoms with Gasteiger partial charge < -0.3 is 5.73 Å². The highest BCUT2D eigenvalue weighted by atomic mass is 32.2. The summed E-state index contributed by atoms with van der Waals surface area (Å²) in [6.07, 6.45) is 1.26. The molecule has 0 aromatic heterocycles. The lowest BCUT2D eigenvalue weighted by molar-refractivity contribution is 0.636. The lowest BCUT2D eigenvalue weighted by Crippen LogP contribution is -1.99. The molecule has 2 unspecified atom stereocenters. The van der Waals surface area contributed by atoms with Gasteiger partial charge in [-0.15, -0.1) is 0 Å². The zero-order valence-electron chi connectivity index (χ0n) is 9.86. The Morgan fingerprint density at radius 1 is 1.33 bits per heavy atom. The Morgan fingerprint density at radius 3 is 2.67 bits per heavy atom. The van der Waals surface area contributed by atoms with E-state index in [0.29, 0.717) is 5.25 Å². The molecule has 0 aliphatic rings. The molecule has 1 rings (SSSR count). The molecule has 15 heavy (non-hydrogen) atoms. The van der Waals surface area contributed by atoms with Crippen LogP contribution >= 0.6 is 11.8 Å². The molecular formula is C13H21NS. The number of nitrogen functional groups attached to an aromatic ring is 1. The van der Waals surface area contributed by atoms with Crippen LogP contribution in [0.25, 0.3) is 0 Å². The molecule has 2 N–H and O–H groups in total. The molecular weight excluding hydrogens is 202 g/mol. The largest absolute Gasteiger partial charge is 0.399 e. The summed E-state index contributed by atoms with van der Waals surface area (Å²) in [6.45, 7) is 6.80. The summed E-state index contributed by atoms with van der Waals surface area (Å²) in [6, 6.07) is 8.21. The monoisotopic (exact) mass is 223 g/mol. The summed E-state index contributed by atoms with van der Waals surface area (Å²) in [4.78, 5) is 0. The Bertz CT molecular complexity index is 298. The predicted octanol–water partition coefficient (Wildman–Crippen LogP) is 4.11. The van der Waals surface area contributed by atoms with Crippen LogP contribution in [0.1, 0.15) is 38.0 Å². The summed E-state index contributed by atoms with van der Waals surface area (Å²) in [7, 11) is 0. The highest BCUT2D eigenvalue weighted by Gasteiger charge is 2.08. The maximum atomic E-state index is 5.77. The molecule has 84 valence electrons. The van der Waals surface area contributed by atoms with Gasteiger partial charge in [0.25, 0.3) is 0 Å². The van der Waals surface area contributed by atoms with Gasteiger partial charge in [-0.05, 0) is 36.3 Å². The predicted molar refractivity (Wildman–Crippen MR) is 71.2 cm³/mol. The third-order valence-electron chi connectivity index (χ3n) is 2.71. The van der Waals surface area contributed by atoms with Crippen LogP contribution in [0, 0.1) is 5.92 Å². The van der Waals surface area contributed by atoms with Crippen LogP contribution in [0.15, 0.2) is 24.3 Å². The van der Waals surface area contributed by atoms with E-state index < -0.39 is 0 Å². The molecule has 0 saturated heterocycles. The van der Waals surface area contributed by atoms with Gasteiger partial charge in [0.05, 0.1) is 0 Å². The number of benzene rings is 1. The van der Waals surface area contributed by atoms with Crippen LogP contribution in [0.3, 0.4) is 0 Å². The second-order valence-corrected chi connectivity index (χ2v) is 5.53. The first-order chi connectivity index (χ1) is 7.13. The molecule has 0 saturated carbocycles. The lowest BCUT2D eigenvalue weighted by atomic mass is 10.1. The highest BCUT2D eigenvalue weighted by Crippen LogP contribution is 2.30. The fourth-order valence-corrected chi connectivity index (χ4v) is 2.53. The van der Waals surface area contributed by atoms with Crippen molar-refractivity contribution in [3.05, 3.63) is 29.8 Å². The molecule has 0 fully saturated rings. The van der Waals surface area contributed by atoms with Crippen molar-refractivity contribution in [2.75, 3.05) is 11.5 Å². The number of rotatable bonds is 5. The van der Waals surface area contributed by atoms with Gasteiger partial charge in [-0.3, -0.25) is 0 Å². The second-order valence-electron chi connectivity index (χ2n) is 4.16. The van der Waals surface area contributed by atoms with Crippen LogP contribution in [-0.4, -0.2) is 5.75 Å². The molecule has 0 spiro atoms.